The van der Waals surface area contributed by atoms with Crippen LogP contribution in [0.5, 0.6) is 0 Å². The highest BCUT2D eigenvalue weighted by atomic mass is 19.1. The van der Waals surface area contributed by atoms with Crippen molar-refractivity contribution in [3.63, 3.8) is 0 Å². The summed E-state index contributed by atoms with van der Waals surface area (Å²) in [6.45, 7) is 3.34. The lowest BCUT2D eigenvalue weighted by atomic mass is 10.0. The van der Waals surface area contributed by atoms with Gasteiger partial charge < -0.3 is 11.1 Å². The summed E-state index contributed by atoms with van der Waals surface area (Å²) in [7, 11) is 0. The molecule has 1 unspecified atom stereocenters. The summed E-state index contributed by atoms with van der Waals surface area (Å²) in [5.41, 5.74) is 7.56. The van der Waals surface area contributed by atoms with E-state index in [0.29, 0.717) is 12.1 Å². The summed E-state index contributed by atoms with van der Waals surface area (Å²) < 4.78 is 13.2. The lowest BCUT2D eigenvalue weighted by molar-refractivity contribution is 0.510. The first kappa shape index (κ1) is 13.5. The summed E-state index contributed by atoms with van der Waals surface area (Å²) in [6, 6.07) is 5.39. The van der Waals surface area contributed by atoms with Gasteiger partial charge >= 0.3 is 0 Å². The largest absolute Gasteiger partial charge is 0.329 e. The van der Waals surface area contributed by atoms with E-state index in [1.54, 1.807) is 6.92 Å². The fourth-order valence-corrected chi connectivity index (χ4v) is 2.30. The van der Waals surface area contributed by atoms with Crippen molar-refractivity contribution in [1.82, 2.24) is 5.32 Å². The fraction of sp³-hybridized carbons (Fsp3) is 0.600. The molecule has 100 valence electrons. The van der Waals surface area contributed by atoms with E-state index in [1.165, 1.54) is 31.7 Å². The van der Waals surface area contributed by atoms with Crippen molar-refractivity contribution in [2.45, 2.75) is 38.6 Å². The zero-order chi connectivity index (χ0) is 13.0. The summed E-state index contributed by atoms with van der Waals surface area (Å²) in [5.74, 6) is 0.833. The predicted molar refractivity (Wildman–Crippen MR) is 72.9 cm³/mol. The summed E-state index contributed by atoms with van der Waals surface area (Å²) in [5, 5.41) is 3.47. The lowest BCUT2D eigenvalue weighted by Crippen LogP contribution is -2.29. The molecule has 1 aromatic rings. The molecule has 1 atom stereocenters. The molecule has 1 aliphatic rings. The number of aryl methyl sites for hydroxylation is 1. The number of nitrogens with two attached hydrogens (primary N) is 1. The Morgan fingerprint density at radius 2 is 2.22 bits per heavy atom. The molecular formula is C15H23FN2. The average molecular weight is 250 g/mol. The Balaban J connectivity index is 1.83. The van der Waals surface area contributed by atoms with Crippen LogP contribution in [0.3, 0.4) is 0 Å². The minimum atomic E-state index is -0.150. The summed E-state index contributed by atoms with van der Waals surface area (Å²) >= 11 is 0. The highest BCUT2D eigenvalue weighted by Crippen LogP contribution is 2.33. The average Bonchev–Trinajstić information content (AvgIpc) is 3.17. The topological polar surface area (TPSA) is 38.0 Å². The summed E-state index contributed by atoms with van der Waals surface area (Å²) in [6.07, 6.45) is 5.36. The molecule has 2 nitrogen and oxygen atoms in total. The third-order valence-corrected chi connectivity index (χ3v) is 3.70. The van der Waals surface area contributed by atoms with Gasteiger partial charge in [-0.05, 0) is 49.4 Å². The number of benzene rings is 1. The molecule has 0 aromatic heterocycles. The van der Waals surface area contributed by atoms with Crippen molar-refractivity contribution in [1.29, 1.82) is 0 Å². The smallest absolute Gasteiger partial charge is 0.126 e. The molecule has 0 radical (unpaired) electrons. The maximum absolute atomic E-state index is 13.2. The van der Waals surface area contributed by atoms with E-state index < -0.39 is 0 Å². The summed E-state index contributed by atoms with van der Waals surface area (Å²) in [4.78, 5) is 0. The van der Waals surface area contributed by atoms with Crippen LogP contribution in [0.2, 0.25) is 0 Å². The molecule has 2 rings (SSSR count). The van der Waals surface area contributed by atoms with Gasteiger partial charge in [0.1, 0.15) is 5.82 Å². The van der Waals surface area contributed by atoms with Gasteiger partial charge in [0, 0.05) is 12.6 Å². The van der Waals surface area contributed by atoms with Crippen molar-refractivity contribution in [3.05, 3.63) is 35.1 Å². The quantitative estimate of drug-likeness (QED) is 0.730. The number of rotatable bonds is 7. The Morgan fingerprint density at radius 3 is 2.83 bits per heavy atom. The molecule has 1 fully saturated rings. The van der Waals surface area contributed by atoms with Crippen molar-refractivity contribution >= 4 is 0 Å². The Labute approximate surface area is 109 Å². The first-order chi connectivity index (χ1) is 8.70. The minimum absolute atomic E-state index is 0.142. The molecule has 3 heteroatoms. The maximum Gasteiger partial charge on any atom is 0.126 e. The van der Waals surface area contributed by atoms with Gasteiger partial charge in [-0.1, -0.05) is 25.0 Å². The molecule has 1 saturated carbocycles. The van der Waals surface area contributed by atoms with Gasteiger partial charge in [0.25, 0.3) is 0 Å². The van der Waals surface area contributed by atoms with Crippen LogP contribution >= 0.6 is 0 Å². The lowest BCUT2D eigenvalue weighted by Gasteiger charge is -2.18. The zero-order valence-corrected chi connectivity index (χ0v) is 11.1. The standard InChI is InChI=1S/C15H23FN2/c1-11-9-13(6-7-14(11)16)15(10-17)18-8-2-3-12-4-5-12/h6-7,9,12,15,18H,2-5,8,10,17H2,1H3. The van der Waals surface area contributed by atoms with Gasteiger partial charge in [0.05, 0.1) is 0 Å². The second-order valence-corrected chi connectivity index (χ2v) is 5.34. The van der Waals surface area contributed by atoms with Gasteiger partial charge in [-0.3, -0.25) is 0 Å². The van der Waals surface area contributed by atoms with Crippen LogP contribution in [0, 0.1) is 18.7 Å². The van der Waals surface area contributed by atoms with Crippen LogP contribution in [0.1, 0.15) is 42.9 Å². The molecule has 0 amide bonds. The molecular weight excluding hydrogens is 227 g/mol. The van der Waals surface area contributed by atoms with E-state index in [2.05, 4.69) is 5.32 Å². The Bertz CT molecular complexity index is 388. The van der Waals surface area contributed by atoms with E-state index >= 15 is 0 Å². The van der Waals surface area contributed by atoms with Crippen LogP contribution in [0.25, 0.3) is 0 Å². The van der Waals surface area contributed by atoms with Gasteiger partial charge in [-0.25, -0.2) is 4.39 Å². The van der Waals surface area contributed by atoms with E-state index in [0.717, 1.165) is 18.0 Å². The van der Waals surface area contributed by atoms with Crippen LogP contribution in [0.15, 0.2) is 18.2 Å². The fourth-order valence-electron chi connectivity index (χ4n) is 2.30. The highest BCUT2D eigenvalue weighted by molar-refractivity contribution is 5.26. The third kappa shape index (κ3) is 3.79. The van der Waals surface area contributed by atoms with Gasteiger partial charge in [0.2, 0.25) is 0 Å². The SMILES string of the molecule is Cc1cc(C(CN)NCCCC2CC2)ccc1F. The molecule has 18 heavy (non-hydrogen) atoms. The molecule has 1 aromatic carbocycles. The van der Waals surface area contributed by atoms with Crippen LogP contribution in [-0.2, 0) is 0 Å². The molecule has 3 N–H and O–H groups in total. The van der Waals surface area contributed by atoms with Crippen molar-refractivity contribution < 1.29 is 4.39 Å². The Hall–Kier alpha value is -0.930. The maximum atomic E-state index is 13.2. The van der Waals surface area contributed by atoms with E-state index in [4.69, 9.17) is 5.73 Å². The predicted octanol–water partition coefficient (Wildman–Crippen LogP) is 2.91. The van der Waals surface area contributed by atoms with Crippen LogP contribution < -0.4 is 11.1 Å². The number of hydrogen-bond acceptors (Lipinski definition) is 2. The molecule has 0 aliphatic heterocycles. The van der Waals surface area contributed by atoms with Gasteiger partial charge in [-0.2, -0.15) is 0 Å². The van der Waals surface area contributed by atoms with Crippen molar-refractivity contribution in [3.8, 4) is 0 Å². The molecule has 0 bridgehead atoms. The first-order valence-corrected chi connectivity index (χ1v) is 6.90. The molecule has 0 saturated heterocycles. The van der Waals surface area contributed by atoms with E-state index in [-0.39, 0.29) is 11.9 Å². The van der Waals surface area contributed by atoms with E-state index in [1.807, 2.05) is 12.1 Å². The van der Waals surface area contributed by atoms with Crippen LogP contribution in [0.4, 0.5) is 4.39 Å². The Kier molecular flexibility index (Phi) is 4.72. The van der Waals surface area contributed by atoms with E-state index in [9.17, 15) is 4.39 Å². The molecule has 0 heterocycles. The first-order valence-electron chi connectivity index (χ1n) is 6.90. The number of hydrogen-bond donors (Lipinski definition) is 2. The normalized spacial score (nSPS) is 16.8. The third-order valence-electron chi connectivity index (χ3n) is 3.70. The minimum Gasteiger partial charge on any atom is -0.329 e. The van der Waals surface area contributed by atoms with Gasteiger partial charge in [-0.15, -0.1) is 0 Å². The number of nitrogens with one attached hydrogen (secondary N) is 1. The van der Waals surface area contributed by atoms with Crippen molar-refractivity contribution in [2.75, 3.05) is 13.1 Å². The van der Waals surface area contributed by atoms with Crippen molar-refractivity contribution in [2.24, 2.45) is 11.7 Å². The van der Waals surface area contributed by atoms with Gasteiger partial charge in [0.15, 0.2) is 0 Å². The monoisotopic (exact) mass is 250 g/mol. The zero-order valence-electron chi connectivity index (χ0n) is 11.1. The number of halogens is 1. The molecule has 0 spiro atoms. The second kappa shape index (κ2) is 6.30. The Morgan fingerprint density at radius 1 is 1.44 bits per heavy atom. The highest BCUT2D eigenvalue weighted by Gasteiger charge is 2.20. The van der Waals surface area contributed by atoms with Crippen LogP contribution in [-0.4, -0.2) is 13.1 Å². The second-order valence-electron chi connectivity index (χ2n) is 5.34. The molecule has 1 aliphatic carbocycles.